The highest BCUT2D eigenvalue weighted by molar-refractivity contribution is 5.70. The van der Waals surface area contributed by atoms with Gasteiger partial charge in [0.05, 0.1) is 12.3 Å². The predicted molar refractivity (Wildman–Crippen MR) is 90.5 cm³/mol. The van der Waals surface area contributed by atoms with Crippen molar-refractivity contribution in [2.75, 3.05) is 13.2 Å². The molecule has 0 saturated carbocycles. The van der Waals surface area contributed by atoms with E-state index in [2.05, 4.69) is 16.9 Å². The molecule has 0 saturated heterocycles. The number of aromatic nitrogens is 1. The summed E-state index contributed by atoms with van der Waals surface area (Å²) in [6.07, 6.45) is -3.25. The fraction of sp³-hybridized carbons (Fsp3) is 0.316. The van der Waals surface area contributed by atoms with E-state index in [4.69, 9.17) is 4.74 Å². The van der Waals surface area contributed by atoms with Gasteiger partial charge in [0.2, 0.25) is 0 Å². The maximum Gasteiger partial charge on any atom is 0.398 e. The van der Waals surface area contributed by atoms with Crippen molar-refractivity contribution in [1.82, 2.24) is 10.3 Å². The predicted octanol–water partition coefficient (Wildman–Crippen LogP) is 4.76. The molecule has 1 aromatic heterocycles. The molecule has 26 heavy (non-hydrogen) atoms. The van der Waals surface area contributed by atoms with E-state index in [-0.39, 0.29) is 18.2 Å². The normalized spacial score (nSPS) is 17.3. The van der Waals surface area contributed by atoms with Crippen molar-refractivity contribution >= 4 is 0 Å². The molecular weight excluding hydrogens is 348 g/mol. The molecular formula is C19H18F4N2O. The number of ether oxygens (including phenoxy) is 1. The van der Waals surface area contributed by atoms with E-state index in [0.717, 1.165) is 0 Å². The van der Waals surface area contributed by atoms with Crippen molar-refractivity contribution in [3.8, 4) is 17.0 Å². The average molecular weight is 366 g/mol. The number of hydrogen-bond acceptors (Lipinski definition) is 3. The minimum atomic E-state index is -4.47. The quantitative estimate of drug-likeness (QED) is 0.775. The van der Waals surface area contributed by atoms with Crippen LogP contribution in [0.15, 0.2) is 43.1 Å². The monoisotopic (exact) mass is 366 g/mol. The third kappa shape index (κ3) is 3.52. The molecule has 1 aliphatic rings. The van der Waals surface area contributed by atoms with Crippen molar-refractivity contribution < 1.29 is 22.3 Å². The summed E-state index contributed by atoms with van der Waals surface area (Å²) in [6.45, 7) is 5.29. The molecule has 1 aromatic carbocycles. The number of hydrogen-bond donors (Lipinski definition) is 1. The summed E-state index contributed by atoms with van der Waals surface area (Å²) in [5.41, 5.74) is 1.40. The molecule has 1 aliphatic heterocycles. The average Bonchev–Trinajstić information content (AvgIpc) is 2.95. The Hall–Kier alpha value is -2.57. The standard InChI is InChI=1S/C19H18F4N2O/c1-3-24-9-15(19(21,22)23)16-8-14-11(2)10-26-18(14)17(25-16)12-4-6-13(20)7-5-12/h3-8,11,15,24H,1,9-10H2,2H3. The number of alkyl halides is 3. The molecule has 2 aromatic rings. The van der Waals surface area contributed by atoms with Gasteiger partial charge in [-0.15, -0.1) is 0 Å². The molecule has 0 radical (unpaired) electrons. The van der Waals surface area contributed by atoms with E-state index in [1.54, 1.807) is 0 Å². The molecule has 3 rings (SSSR count). The Morgan fingerprint density at radius 2 is 2.04 bits per heavy atom. The molecule has 7 heteroatoms. The van der Waals surface area contributed by atoms with Crippen LogP contribution in [0.2, 0.25) is 0 Å². The Bertz CT molecular complexity index is 802. The molecule has 2 heterocycles. The largest absolute Gasteiger partial charge is 0.490 e. The Labute approximate surface area is 148 Å². The van der Waals surface area contributed by atoms with Gasteiger partial charge in [-0.2, -0.15) is 13.2 Å². The molecule has 0 aliphatic carbocycles. The van der Waals surface area contributed by atoms with Crippen molar-refractivity contribution in [1.29, 1.82) is 0 Å². The van der Waals surface area contributed by atoms with Gasteiger partial charge in [0, 0.05) is 23.6 Å². The van der Waals surface area contributed by atoms with Gasteiger partial charge in [0.25, 0.3) is 0 Å². The second kappa shape index (κ2) is 6.97. The first-order valence-corrected chi connectivity index (χ1v) is 8.16. The molecule has 1 N–H and O–H groups in total. The van der Waals surface area contributed by atoms with E-state index in [9.17, 15) is 17.6 Å². The molecule has 2 atom stereocenters. The number of fused-ring (bicyclic) bond motifs is 1. The summed E-state index contributed by atoms with van der Waals surface area (Å²) >= 11 is 0. The van der Waals surface area contributed by atoms with Crippen molar-refractivity contribution in [2.24, 2.45) is 0 Å². The summed E-state index contributed by atoms with van der Waals surface area (Å²) < 4.78 is 59.6. The van der Waals surface area contributed by atoms with Crippen LogP contribution in [0.3, 0.4) is 0 Å². The molecule has 2 unspecified atom stereocenters. The highest BCUT2D eigenvalue weighted by atomic mass is 19.4. The zero-order chi connectivity index (χ0) is 18.9. The lowest BCUT2D eigenvalue weighted by Gasteiger charge is -2.21. The third-order valence-corrected chi connectivity index (χ3v) is 4.37. The smallest absolute Gasteiger partial charge is 0.398 e. The first-order valence-electron chi connectivity index (χ1n) is 8.16. The van der Waals surface area contributed by atoms with Crippen molar-refractivity contribution in [3.63, 3.8) is 0 Å². The summed E-state index contributed by atoms with van der Waals surface area (Å²) in [7, 11) is 0. The topological polar surface area (TPSA) is 34.2 Å². The summed E-state index contributed by atoms with van der Waals surface area (Å²) in [5, 5.41) is 2.52. The molecule has 0 amide bonds. The van der Waals surface area contributed by atoms with Crippen LogP contribution in [0, 0.1) is 5.82 Å². The van der Waals surface area contributed by atoms with Crippen LogP contribution in [-0.2, 0) is 0 Å². The lowest BCUT2D eigenvalue weighted by atomic mass is 9.95. The van der Waals surface area contributed by atoms with Crippen LogP contribution in [0.4, 0.5) is 17.6 Å². The van der Waals surface area contributed by atoms with Crippen LogP contribution in [0.5, 0.6) is 5.75 Å². The minimum absolute atomic E-state index is 0.0489. The van der Waals surface area contributed by atoms with Gasteiger partial charge >= 0.3 is 6.18 Å². The maximum absolute atomic E-state index is 13.6. The Kier molecular flexibility index (Phi) is 4.89. The zero-order valence-corrected chi connectivity index (χ0v) is 14.1. The van der Waals surface area contributed by atoms with Gasteiger partial charge < -0.3 is 10.1 Å². The fourth-order valence-corrected chi connectivity index (χ4v) is 2.96. The Balaban J connectivity index is 2.14. The van der Waals surface area contributed by atoms with Crippen LogP contribution in [0.25, 0.3) is 11.3 Å². The maximum atomic E-state index is 13.6. The van der Waals surface area contributed by atoms with Gasteiger partial charge in [-0.1, -0.05) is 13.5 Å². The van der Waals surface area contributed by atoms with Gasteiger partial charge in [-0.3, -0.25) is 0 Å². The number of rotatable bonds is 5. The van der Waals surface area contributed by atoms with Gasteiger partial charge in [0.1, 0.15) is 23.2 Å². The number of halogens is 4. The summed E-state index contributed by atoms with van der Waals surface area (Å²) in [5.74, 6) is -1.81. The van der Waals surface area contributed by atoms with Crippen LogP contribution >= 0.6 is 0 Å². The van der Waals surface area contributed by atoms with Gasteiger partial charge in [0.15, 0.2) is 0 Å². The van der Waals surface area contributed by atoms with Crippen LogP contribution in [0.1, 0.15) is 30.0 Å². The van der Waals surface area contributed by atoms with Gasteiger partial charge in [-0.05, 0) is 36.5 Å². The van der Waals surface area contributed by atoms with Gasteiger partial charge in [-0.25, -0.2) is 9.37 Å². The van der Waals surface area contributed by atoms with E-state index in [1.807, 2.05) is 6.92 Å². The molecule has 138 valence electrons. The Morgan fingerprint density at radius 3 is 2.65 bits per heavy atom. The molecule has 0 bridgehead atoms. The van der Waals surface area contributed by atoms with Crippen molar-refractivity contribution in [3.05, 3.63) is 60.2 Å². The second-order valence-corrected chi connectivity index (χ2v) is 6.24. The lowest BCUT2D eigenvalue weighted by Crippen LogP contribution is -2.30. The summed E-state index contributed by atoms with van der Waals surface area (Å²) in [6, 6.07) is 6.92. The lowest BCUT2D eigenvalue weighted by molar-refractivity contribution is -0.149. The number of benzene rings is 1. The van der Waals surface area contributed by atoms with E-state index in [0.29, 0.717) is 29.2 Å². The van der Waals surface area contributed by atoms with E-state index >= 15 is 0 Å². The highest BCUT2D eigenvalue weighted by Crippen LogP contribution is 2.44. The van der Waals surface area contributed by atoms with E-state index in [1.165, 1.54) is 36.5 Å². The van der Waals surface area contributed by atoms with Crippen LogP contribution in [-0.4, -0.2) is 24.3 Å². The highest BCUT2D eigenvalue weighted by Gasteiger charge is 2.42. The molecule has 3 nitrogen and oxygen atoms in total. The fourth-order valence-electron chi connectivity index (χ4n) is 2.96. The third-order valence-electron chi connectivity index (χ3n) is 4.37. The minimum Gasteiger partial charge on any atom is -0.490 e. The van der Waals surface area contributed by atoms with Crippen molar-refractivity contribution in [2.45, 2.75) is 24.9 Å². The number of nitrogens with one attached hydrogen (secondary N) is 1. The first-order chi connectivity index (χ1) is 12.3. The van der Waals surface area contributed by atoms with Crippen LogP contribution < -0.4 is 10.1 Å². The number of pyridine rings is 1. The zero-order valence-electron chi connectivity index (χ0n) is 14.1. The molecule has 0 fully saturated rings. The molecule has 0 spiro atoms. The van der Waals surface area contributed by atoms with E-state index < -0.39 is 17.9 Å². The number of nitrogens with zero attached hydrogens (tertiary/aromatic N) is 1. The second-order valence-electron chi connectivity index (χ2n) is 6.24. The Morgan fingerprint density at radius 1 is 1.35 bits per heavy atom. The summed E-state index contributed by atoms with van der Waals surface area (Å²) in [4.78, 5) is 4.26. The SMILES string of the molecule is C=CNCC(c1cc2c(c(-c3ccc(F)cc3)n1)OCC2C)C(F)(F)F. The first kappa shape index (κ1) is 18.2.